The first-order valence-corrected chi connectivity index (χ1v) is 7.91. The van der Waals surface area contributed by atoms with Gasteiger partial charge in [-0.15, -0.1) is 0 Å². The number of carbonyl (C=O) groups is 2. The molecule has 2 aromatic carbocycles. The molecule has 0 aliphatic rings. The smallest absolute Gasteiger partial charge is 0.295 e. The third-order valence-corrected chi connectivity index (χ3v) is 3.59. The second-order valence-electron chi connectivity index (χ2n) is 5.99. The molecular weight excluding hydrogens is 431 g/mol. The van der Waals surface area contributed by atoms with Gasteiger partial charge in [0.2, 0.25) is 0 Å². The van der Waals surface area contributed by atoms with E-state index in [-0.39, 0.29) is 17.4 Å². The van der Waals surface area contributed by atoms with Gasteiger partial charge < -0.3 is 0 Å². The summed E-state index contributed by atoms with van der Waals surface area (Å²) in [5.41, 5.74) is -4.31. The van der Waals surface area contributed by atoms with Crippen molar-refractivity contribution in [3.8, 4) is 0 Å². The van der Waals surface area contributed by atoms with Crippen molar-refractivity contribution < 1.29 is 49.1 Å². The first kappa shape index (κ1) is 25.2. The van der Waals surface area contributed by atoms with Crippen molar-refractivity contribution in [1.29, 1.82) is 0 Å². The Morgan fingerprint density at radius 2 is 0.933 bits per heavy atom. The van der Waals surface area contributed by atoms with E-state index in [1.165, 1.54) is 19.1 Å². The van der Waals surface area contributed by atoms with E-state index in [2.05, 4.69) is 0 Å². The molecule has 0 bridgehead atoms. The summed E-state index contributed by atoms with van der Waals surface area (Å²) < 4.78 is 110. The fourth-order valence-corrected chi connectivity index (χ4v) is 2.07. The number of rotatable bonds is 2. The van der Waals surface area contributed by atoms with Gasteiger partial charge in [0.1, 0.15) is 0 Å². The van der Waals surface area contributed by atoms with Crippen LogP contribution in [0.3, 0.4) is 0 Å². The summed E-state index contributed by atoms with van der Waals surface area (Å²) in [6, 6.07) is 5.15. The zero-order chi connectivity index (χ0) is 23.5. The third-order valence-electron chi connectivity index (χ3n) is 3.59. The fourth-order valence-electron chi connectivity index (χ4n) is 2.07. The SMILES string of the molecule is CC(=O)c1cc(C(F)(F)F)cc(C(F)(F)F)c1.CC(=O)c1cccc(C(F)(F)F)c1. The number of halogens is 9. The molecule has 2 nitrogen and oxygen atoms in total. The minimum Gasteiger partial charge on any atom is -0.295 e. The first-order valence-electron chi connectivity index (χ1n) is 7.91. The Kier molecular flexibility index (Phi) is 7.46. The molecule has 0 atom stereocenters. The zero-order valence-electron chi connectivity index (χ0n) is 15.3. The Morgan fingerprint density at radius 1 is 0.567 bits per heavy atom. The molecule has 0 unspecified atom stereocenters. The van der Waals surface area contributed by atoms with E-state index in [4.69, 9.17) is 0 Å². The molecule has 164 valence electrons. The van der Waals surface area contributed by atoms with Crippen molar-refractivity contribution in [2.75, 3.05) is 0 Å². The number of benzene rings is 2. The molecular formula is C19H13F9O2. The fraction of sp³-hybridized carbons (Fsp3) is 0.263. The molecule has 30 heavy (non-hydrogen) atoms. The summed E-state index contributed by atoms with van der Waals surface area (Å²) in [5, 5.41) is 0. The zero-order valence-corrected chi connectivity index (χ0v) is 15.3. The summed E-state index contributed by atoms with van der Waals surface area (Å²) in [7, 11) is 0. The molecule has 0 saturated heterocycles. The molecule has 2 aromatic rings. The highest BCUT2D eigenvalue weighted by Gasteiger charge is 2.37. The van der Waals surface area contributed by atoms with Crippen LogP contribution in [-0.2, 0) is 18.5 Å². The number of ketones is 2. The quantitative estimate of drug-likeness (QED) is 0.376. The number of carbonyl (C=O) groups excluding carboxylic acids is 2. The predicted molar refractivity (Wildman–Crippen MR) is 87.9 cm³/mol. The van der Waals surface area contributed by atoms with Gasteiger partial charge in [-0.3, -0.25) is 9.59 Å². The van der Waals surface area contributed by atoms with Crippen molar-refractivity contribution in [3.05, 3.63) is 70.3 Å². The number of Topliss-reactive ketones (excluding diaryl/α,β-unsaturated/α-hetero) is 2. The highest BCUT2D eigenvalue weighted by molar-refractivity contribution is 5.94. The maximum absolute atomic E-state index is 12.3. The van der Waals surface area contributed by atoms with Crippen LogP contribution in [0.15, 0.2) is 42.5 Å². The number of hydrogen-bond donors (Lipinski definition) is 0. The average Bonchev–Trinajstić information content (AvgIpc) is 2.59. The van der Waals surface area contributed by atoms with Crippen molar-refractivity contribution in [2.24, 2.45) is 0 Å². The maximum Gasteiger partial charge on any atom is 0.416 e. The minimum atomic E-state index is -4.93. The Bertz CT molecular complexity index is 891. The number of hydrogen-bond acceptors (Lipinski definition) is 2. The van der Waals surface area contributed by atoms with E-state index < -0.39 is 46.6 Å². The van der Waals surface area contributed by atoms with Gasteiger partial charge in [-0.2, -0.15) is 39.5 Å². The molecule has 0 aliphatic heterocycles. The molecule has 11 heteroatoms. The van der Waals surface area contributed by atoms with Gasteiger partial charge in [-0.25, -0.2) is 0 Å². The van der Waals surface area contributed by atoms with Gasteiger partial charge in [0, 0.05) is 11.1 Å². The maximum atomic E-state index is 12.3. The lowest BCUT2D eigenvalue weighted by molar-refractivity contribution is -0.143. The molecule has 0 N–H and O–H groups in total. The molecule has 0 fully saturated rings. The van der Waals surface area contributed by atoms with Gasteiger partial charge in [-0.1, -0.05) is 12.1 Å². The number of alkyl halides is 9. The second kappa shape index (κ2) is 8.88. The summed E-state index contributed by atoms with van der Waals surface area (Å²) in [4.78, 5) is 21.6. The average molecular weight is 444 g/mol. The van der Waals surface area contributed by atoms with Crippen LogP contribution >= 0.6 is 0 Å². The van der Waals surface area contributed by atoms with Gasteiger partial charge in [0.25, 0.3) is 0 Å². The lowest BCUT2D eigenvalue weighted by atomic mass is 10.0. The molecule has 0 spiro atoms. The summed E-state index contributed by atoms with van der Waals surface area (Å²) >= 11 is 0. The largest absolute Gasteiger partial charge is 0.416 e. The topological polar surface area (TPSA) is 34.1 Å². The highest BCUT2D eigenvalue weighted by Crippen LogP contribution is 2.36. The normalized spacial score (nSPS) is 12.1. The molecule has 0 aliphatic carbocycles. The molecule has 0 radical (unpaired) electrons. The molecule has 2 rings (SSSR count). The third kappa shape index (κ3) is 7.20. The summed E-state index contributed by atoms with van der Waals surface area (Å²) in [6.07, 6.45) is -14.2. The van der Waals surface area contributed by atoms with Crippen LogP contribution in [-0.4, -0.2) is 11.6 Å². The van der Waals surface area contributed by atoms with Crippen LogP contribution in [0, 0.1) is 0 Å². The van der Waals surface area contributed by atoms with Gasteiger partial charge >= 0.3 is 18.5 Å². The lowest BCUT2D eigenvalue weighted by Gasteiger charge is -2.12. The lowest BCUT2D eigenvalue weighted by Crippen LogP contribution is -2.12. The highest BCUT2D eigenvalue weighted by atomic mass is 19.4. The van der Waals surface area contributed by atoms with Gasteiger partial charge in [-0.05, 0) is 44.2 Å². The van der Waals surface area contributed by atoms with E-state index in [0.29, 0.717) is 12.1 Å². The van der Waals surface area contributed by atoms with Crippen molar-refractivity contribution in [1.82, 2.24) is 0 Å². The standard InChI is InChI=1S/C10H6F6O.C9H7F3O/c1-5(17)6-2-7(9(11,12)13)4-8(3-6)10(14,15)16;1-6(13)7-3-2-4-8(5-7)9(10,11)12/h2-4H,1H3;2-5H,1H3. The molecule has 0 amide bonds. The van der Waals surface area contributed by atoms with Crippen LogP contribution < -0.4 is 0 Å². The van der Waals surface area contributed by atoms with Gasteiger partial charge in [0.05, 0.1) is 16.7 Å². The van der Waals surface area contributed by atoms with E-state index in [1.807, 2.05) is 0 Å². The molecule has 0 saturated carbocycles. The minimum absolute atomic E-state index is 0.0214. The Morgan fingerprint density at radius 3 is 1.27 bits per heavy atom. The Labute approximate surface area is 164 Å². The Balaban J connectivity index is 0.000000311. The molecule has 0 heterocycles. The summed E-state index contributed by atoms with van der Waals surface area (Å²) in [5.74, 6) is -1.23. The first-order chi connectivity index (χ1) is 13.4. The van der Waals surface area contributed by atoms with Gasteiger partial charge in [0.15, 0.2) is 11.6 Å². The van der Waals surface area contributed by atoms with E-state index in [9.17, 15) is 49.1 Å². The van der Waals surface area contributed by atoms with E-state index in [0.717, 1.165) is 19.1 Å². The van der Waals surface area contributed by atoms with Crippen molar-refractivity contribution in [3.63, 3.8) is 0 Å². The van der Waals surface area contributed by atoms with Crippen LogP contribution in [0.4, 0.5) is 39.5 Å². The van der Waals surface area contributed by atoms with Crippen LogP contribution in [0.5, 0.6) is 0 Å². The van der Waals surface area contributed by atoms with E-state index >= 15 is 0 Å². The van der Waals surface area contributed by atoms with Crippen molar-refractivity contribution in [2.45, 2.75) is 32.4 Å². The predicted octanol–water partition coefficient (Wildman–Crippen LogP) is 6.83. The van der Waals surface area contributed by atoms with Crippen LogP contribution in [0.1, 0.15) is 51.3 Å². The summed E-state index contributed by atoms with van der Waals surface area (Å²) in [6.45, 7) is 2.13. The van der Waals surface area contributed by atoms with Crippen LogP contribution in [0.25, 0.3) is 0 Å². The molecule has 0 aromatic heterocycles. The van der Waals surface area contributed by atoms with Crippen molar-refractivity contribution >= 4 is 11.6 Å². The van der Waals surface area contributed by atoms with Crippen LogP contribution in [0.2, 0.25) is 0 Å². The monoisotopic (exact) mass is 444 g/mol. The second-order valence-corrected chi connectivity index (χ2v) is 5.99. The van der Waals surface area contributed by atoms with E-state index in [1.54, 1.807) is 0 Å². The Hall–Kier alpha value is -2.85.